The van der Waals surface area contributed by atoms with E-state index in [1.54, 1.807) is 24.3 Å². The summed E-state index contributed by atoms with van der Waals surface area (Å²) >= 11 is 6.15. The lowest BCUT2D eigenvalue weighted by molar-refractivity contribution is -0.122. The molecule has 8 heteroatoms. The minimum atomic E-state index is -0.235. The third-order valence-electron chi connectivity index (χ3n) is 2.77. The molecule has 0 unspecified atom stereocenters. The zero-order chi connectivity index (χ0) is 16.1. The molecule has 0 atom stereocenters. The van der Waals surface area contributed by atoms with Gasteiger partial charge in [-0.1, -0.05) is 30.0 Å². The highest BCUT2D eigenvalue weighted by atomic mass is 32.2. The molecule has 1 heterocycles. The van der Waals surface area contributed by atoms with E-state index in [9.17, 15) is 9.59 Å². The molecule has 2 rings (SSSR count). The standard InChI is InChI=1S/C14H14N2O4S2/c1-15-12(17)7-20-9-4-3-8(5-10(9)19-2)6-11-13(18)16-14(21)22-11/h3-6H,7H2,1-2H3,(H,15,17)(H,16,18,21)/b11-6-. The van der Waals surface area contributed by atoms with Crippen LogP contribution in [0.5, 0.6) is 11.5 Å². The van der Waals surface area contributed by atoms with Gasteiger partial charge in [-0.05, 0) is 23.8 Å². The Labute approximate surface area is 137 Å². The lowest BCUT2D eigenvalue weighted by Gasteiger charge is -2.10. The van der Waals surface area contributed by atoms with Crippen molar-refractivity contribution < 1.29 is 19.1 Å². The van der Waals surface area contributed by atoms with E-state index in [1.165, 1.54) is 25.9 Å². The van der Waals surface area contributed by atoms with Gasteiger partial charge in [-0.2, -0.15) is 0 Å². The normalized spacial score (nSPS) is 15.6. The van der Waals surface area contributed by atoms with E-state index in [2.05, 4.69) is 10.6 Å². The first-order chi connectivity index (χ1) is 10.5. The van der Waals surface area contributed by atoms with Gasteiger partial charge in [-0.3, -0.25) is 9.59 Å². The van der Waals surface area contributed by atoms with Crippen LogP contribution in [0.2, 0.25) is 0 Å². The maximum atomic E-state index is 11.6. The summed E-state index contributed by atoms with van der Waals surface area (Å²) in [6.07, 6.45) is 1.71. The molecule has 0 bridgehead atoms. The van der Waals surface area contributed by atoms with Gasteiger partial charge >= 0.3 is 0 Å². The average Bonchev–Trinajstić information content (AvgIpc) is 2.83. The summed E-state index contributed by atoms with van der Waals surface area (Å²) in [6, 6.07) is 5.18. The van der Waals surface area contributed by atoms with Crippen LogP contribution < -0.4 is 20.1 Å². The van der Waals surface area contributed by atoms with Crippen LogP contribution in [0.4, 0.5) is 0 Å². The van der Waals surface area contributed by atoms with Crippen molar-refractivity contribution in [2.24, 2.45) is 0 Å². The number of thiocarbonyl (C=S) groups is 1. The molecule has 2 amide bonds. The van der Waals surface area contributed by atoms with Crippen molar-refractivity contribution in [1.29, 1.82) is 0 Å². The van der Waals surface area contributed by atoms with Crippen LogP contribution in [0.25, 0.3) is 6.08 Å². The molecule has 22 heavy (non-hydrogen) atoms. The second kappa shape index (κ2) is 7.28. The fourth-order valence-corrected chi connectivity index (χ4v) is 2.73. The van der Waals surface area contributed by atoms with Crippen molar-refractivity contribution in [1.82, 2.24) is 10.6 Å². The van der Waals surface area contributed by atoms with E-state index >= 15 is 0 Å². The Morgan fingerprint density at radius 2 is 2.23 bits per heavy atom. The number of likely N-dealkylation sites (N-methyl/N-ethyl adjacent to an activating group) is 1. The maximum absolute atomic E-state index is 11.6. The Hall–Kier alpha value is -2.06. The molecule has 2 N–H and O–H groups in total. The molecule has 1 aliphatic heterocycles. The zero-order valence-corrected chi connectivity index (χ0v) is 13.6. The molecule has 1 aromatic rings. The lowest BCUT2D eigenvalue weighted by atomic mass is 10.2. The van der Waals surface area contributed by atoms with Crippen LogP contribution >= 0.6 is 24.0 Å². The van der Waals surface area contributed by atoms with Gasteiger partial charge in [0, 0.05) is 7.05 Å². The minimum absolute atomic E-state index is 0.0974. The second-order valence-corrected chi connectivity index (χ2v) is 5.94. The Morgan fingerprint density at radius 3 is 2.82 bits per heavy atom. The van der Waals surface area contributed by atoms with E-state index in [4.69, 9.17) is 21.7 Å². The number of carbonyl (C=O) groups is 2. The monoisotopic (exact) mass is 338 g/mol. The maximum Gasteiger partial charge on any atom is 0.263 e. The largest absolute Gasteiger partial charge is 0.493 e. The third-order valence-corrected chi connectivity index (χ3v) is 3.93. The van der Waals surface area contributed by atoms with E-state index in [-0.39, 0.29) is 18.4 Å². The number of hydrogen-bond donors (Lipinski definition) is 2. The van der Waals surface area contributed by atoms with Crippen molar-refractivity contribution in [2.45, 2.75) is 0 Å². The first-order valence-electron chi connectivity index (χ1n) is 6.29. The van der Waals surface area contributed by atoms with Crippen molar-refractivity contribution in [3.8, 4) is 11.5 Å². The minimum Gasteiger partial charge on any atom is -0.493 e. The average molecular weight is 338 g/mol. The third kappa shape index (κ3) is 3.99. The summed E-state index contributed by atoms with van der Waals surface area (Å²) in [5.74, 6) is 0.478. The first-order valence-corrected chi connectivity index (χ1v) is 7.52. The van der Waals surface area contributed by atoms with E-state index in [0.29, 0.717) is 20.7 Å². The fraction of sp³-hybridized carbons (Fsp3) is 0.214. The van der Waals surface area contributed by atoms with Gasteiger partial charge in [-0.15, -0.1) is 0 Å². The molecule has 6 nitrogen and oxygen atoms in total. The number of carbonyl (C=O) groups excluding carboxylic acids is 2. The van der Waals surface area contributed by atoms with Crippen molar-refractivity contribution in [2.75, 3.05) is 20.8 Å². The van der Waals surface area contributed by atoms with Crippen LogP contribution in [0.3, 0.4) is 0 Å². The zero-order valence-electron chi connectivity index (χ0n) is 12.0. The van der Waals surface area contributed by atoms with Crippen LogP contribution in [0, 0.1) is 0 Å². The highest BCUT2D eigenvalue weighted by Gasteiger charge is 2.22. The Kier molecular flexibility index (Phi) is 5.40. The number of benzene rings is 1. The number of thioether (sulfide) groups is 1. The van der Waals surface area contributed by atoms with Crippen LogP contribution in [0.15, 0.2) is 23.1 Å². The molecular formula is C14H14N2O4S2. The van der Waals surface area contributed by atoms with Gasteiger partial charge in [0.15, 0.2) is 18.1 Å². The summed E-state index contributed by atoms with van der Waals surface area (Å²) in [4.78, 5) is 23.4. The van der Waals surface area contributed by atoms with E-state index in [1.807, 2.05) is 0 Å². The fourth-order valence-electron chi connectivity index (χ4n) is 1.68. The molecule has 0 radical (unpaired) electrons. The van der Waals surface area contributed by atoms with Crippen molar-refractivity contribution in [3.63, 3.8) is 0 Å². The summed E-state index contributed by atoms with van der Waals surface area (Å²) in [5.41, 5.74) is 0.770. The number of amides is 2. The molecule has 1 aliphatic rings. The highest BCUT2D eigenvalue weighted by molar-refractivity contribution is 8.26. The molecule has 1 saturated heterocycles. The number of methoxy groups -OCH3 is 1. The topological polar surface area (TPSA) is 76.7 Å². The summed E-state index contributed by atoms with van der Waals surface area (Å²) in [5, 5.41) is 5.02. The molecule has 116 valence electrons. The second-order valence-electron chi connectivity index (χ2n) is 4.22. The molecule has 0 aromatic heterocycles. The predicted molar refractivity (Wildman–Crippen MR) is 88.9 cm³/mol. The van der Waals surface area contributed by atoms with Crippen LogP contribution in [-0.4, -0.2) is 36.9 Å². The Morgan fingerprint density at radius 1 is 1.45 bits per heavy atom. The van der Waals surface area contributed by atoms with Gasteiger partial charge in [-0.25, -0.2) is 0 Å². The molecule has 0 aliphatic carbocycles. The Balaban J connectivity index is 2.18. The van der Waals surface area contributed by atoms with Crippen LogP contribution in [-0.2, 0) is 9.59 Å². The number of rotatable bonds is 5. The predicted octanol–water partition coefficient (Wildman–Crippen LogP) is 1.31. The van der Waals surface area contributed by atoms with Crippen LogP contribution in [0.1, 0.15) is 5.56 Å². The number of ether oxygens (including phenoxy) is 2. The van der Waals surface area contributed by atoms with Gasteiger partial charge in [0.1, 0.15) is 4.32 Å². The molecule has 0 saturated carbocycles. The summed E-state index contributed by atoms with van der Waals surface area (Å²) < 4.78 is 11.1. The van der Waals surface area contributed by atoms with Crippen molar-refractivity contribution >= 4 is 46.2 Å². The summed E-state index contributed by atoms with van der Waals surface area (Å²) in [7, 11) is 3.04. The highest BCUT2D eigenvalue weighted by Crippen LogP contribution is 2.31. The van der Waals surface area contributed by atoms with E-state index < -0.39 is 0 Å². The quantitative estimate of drug-likeness (QED) is 0.623. The van der Waals surface area contributed by atoms with E-state index in [0.717, 1.165) is 5.56 Å². The number of hydrogen-bond acceptors (Lipinski definition) is 6. The van der Waals surface area contributed by atoms with Gasteiger partial charge in [0.05, 0.1) is 12.0 Å². The SMILES string of the molecule is CNC(=O)COc1ccc(/C=C2\SC(=S)NC2=O)cc1OC. The molecule has 1 fully saturated rings. The van der Waals surface area contributed by atoms with Gasteiger partial charge in [0.2, 0.25) is 0 Å². The molecule has 1 aromatic carbocycles. The van der Waals surface area contributed by atoms with Gasteiger partial charge < -0.3 is 20.1 Å². The molecular weight excluding hydrogens is 324 g/mol. The lowest BCUT2D eigenvalue weighted by Crippen LogP contribution is -2.24. The number of nitrogens with one attached hydrogen (secondary N) is 2. The Bertz CT molecular complexity index is 658. The first kappa shape index (κ1) is 16.3. The molecule has 0 spiro atoms. The van der Waals surface area contributed by atoms with Crippen molar-refractivity contribution in [3.05, 3.63) is 28.7 Å². The summed E-state index contributed by atoms with van der Waals surface area (Å²) in [6.45, 7) is -0.0974. The van der Waals surface area contributed by atoms with Gasteiger partial charge in [0.25, 0.3) is 11.8 Å². The smallest absolute Gasteiger partial charge is 0.263 e.